The molecule has 7 heteroatoms. The van der Waals surface area contributed by atoms with E-state index in [-0.39, 0.29) is 17.6 Å². The number of nitrogens with one attached hydrogen (secondary N) is 1. The van der Waals surface area contributed by atoms with Gasteiger partial charge in [0.2, 0.25) is 0 Å². The lowest BCUT2D eigenvalue weighted by molar-refractivity contribution is -0.0140. The first kappa shape index (κ1) is 21.1. The summed E-state index contributed by atoms with van der Waals surface area (Å²) in [5.74, 6) is -0.139. The smallest absolute Gasteiger partial charge is 0.274 e. The Morgan fingerprint density at radius 1 is 1.31 bits per heavy atom. The van der Waals surface area contributed by atoms with Crippen LogP contribution in [0.1, 0.15) is 52.2 Å². The summed E-state index contributed by atoms with van der Waals surface area (Å²) in [5, 5.41) is 14.7. The van der Waals surface area contributed by atoms with Crippen molar-refractivity contribution in [3.05, 3.63) is 70.7 Å². The Labute approximate surface area is 188 Å². The minimum atomic E-state index is -0.638. The maximum absolute atomic E-state index is 13.3. The second kappa shape index (κ2) is 7.99. The molecule has 3 aromatic rings. The number of amides is 1. The fourth-order valence-electron chi connectivity index (χ4n) is 5.07. The third-order valence-electron chi connectivity index (χ3n) is 7.20. The van der Waals surface area contributed by atoms with Gasteiger partial charge in [0.25, 0.3) is 5.91 Å². The van der Waals surface area contributed by atoms with Crippen molar-refractivity contribution >= 4 is 11.6 Å². The van der Waals surface area contributed by atoms with Gasteiger partial charge in [-0.3, -0.25) is 4.79 Å². The number of aromatic nitrogens is 2. The number of carbonyl (C=O) groups excluding carboxylic acids is 1. The van der Waals surface area contributed by atoms with Crippen LogP contribution in [0.5, 0.6) is 0 Å². The number of methoxy groups -OCH3 is 1. The number of benzene rings is 1. The third kappa shape index (κ3) is 3.50. The van der Waals surface area contributed by atoms with Gasteiger partial charge in [-0.05, 0) is 55.0 Å². The summed E-state index contributed by atoms with van der Waals surface area (Å²) in [6.45, 7) is 5.61. The monoisotopic (exact) mass is 434 g/mol. The second-order valence-corrected chi connectivity index (χ2v) is 9.16. The Kier molecular flexibility index (Phi) is 5.28. The van der Waals surface area contributed by atoms with Gasteiger partial charge in [0.1, 0.15) is 11.3 Å². The molecule has 2 aliphatic heterocycles. The van der Waals surface area contributed by atoms with Gasteiger partial charge in [0.15, 0.2) is 0 Å². The van der Waals surface area contributed by atoms with Crippen molar-refractivity contribution in [1.82, 2.24) is 19.6 Å². The van der Waals surface area contributed by atoms with Crippen LogP contribution in [-0.4, -0.2) is 57.1 Å². The number of hydrogen-bond acceptors (Lipinski definition) is 5. The highest BCUT2D eigenvalue weighted by atomic mass is 16.5. The number of carbonyl (C=O) groups is 1. The number of aliphatic hydroxyl groups is 1. The van der Waals surface area contributed by atoms with E-state index in [2.05, 4.69) is 22.4 Å². The lowest BCUT2D eigenvalue weighted by Gasteiger charge is -2.48. The lowest BCUT2D eigenvalue weighted by Crippen LogP contribution is -2.65. The zero-order chi connectivity index (χ0) is 22.5. The van der Waals surface area contributed by atoms with E-state index in [1.165, 1.54) is 11.1 Å². The summed E-state index contributed by atoms with van der Waals surface area (Å²) in [6.07, 6.45) is 4.55. The van der Waals surface area contributed by atoms with Crippen molar-refractivity contribution in [3.63, 3.8) is 0 Å². The average molecular weight is 435 g/mol. The highest BCUT2D eigenvalue weighted by Crippen LogP contribution is 2.32. The van der Waals surface area contributed by atoms with Crippen molar-refractivity contribution in [2.24, 2.45) is 0 Å². The number of likely N-dealkylation sites (tertiary alicyclic amines) is 1. The van der Waals surface area contributed by atoms with Gasteiger partial charge in [-0.15, -0.1) is 0 Å². The molecule has 0 saturated carbocycles. The van der Waals surface area contributed by atoms with Gasteiger partial charge in [-0.25, -0.2) is 4.98 Å². The lowest BCUT2D eigenvalue weighted by atomic mass is 9.76. The van der Waals surface area contributed by atoms with Crippen molar-refractivity contribution in [3.8, 4) is 0 Å². The number of pyridine rings is 1. The molecule has 3 atom stereocenters. The van der Waals surface area contributed by atoms with Crippen molar-refractivity contribution in [1.29, 1.82) is 0 Å². The molecule has 1 unspecified atom stereocenters. The Morgan fingerprint density at radius 2 is 2.09 bits per heavy atom. The van der Waals surface area contributed by atoms with Gasteiger partial charge in [0, 0.05) is 39.1 Å². The predicted octanol–water partition coefficient (Wildman–Crippen LogP) is 2.64. The van der Waals surface area contributed by atoms with E-state index in [1.54, 1.807) is 18.2 Å². The maximum Gasteiger partial charge on any atom is 0.274 e. The van der Waals surface area contributed by atoms with Gasteiger partial charge in [-0.2, -0.15) is 0 Å². The SMILES string of the molecule is COC(C)c1cc(C)c2nc(C(=O)N3CC[C@]4(Cc5ccccc5CN4)[C@H](O)C3)cn2c1. The first-order chi connectivity index (χ1) is 15.4. The number of imidazole rings is 1. The Balaban J connectivity index is 1.35. The first-order valence-corrected chi connectivity index (χ1v) is 11.2. The van der Waals surface area contributed by atoms with Gasteiger partial charge < -0.3 is 24.5 Å². The van der Waals surface area contributed by atoms with Crippen LogP contribution in [0.2, 0.25) is 0 Å². The second-order valence-electron chi connectivity index (χ2n) is 9.16. The van der Waals surface area contributed by atoms with Crippen LogP contribution in [0.3, 0.4) is 0 Å². The normalized spacial score (nSPS) is 24.0. The molecule has 168 valence electrons. The molecule has 1 spiro atoms. The van der Waals surface area contributed by atoms with Crippen LogP contribution in [0.25, 0.3) is 5.65 Å². The van der Waals surface area contributed by atoms with Gasteiger partial charge >= 0.3 is 0 Å². The van der Waals surface area contributed by atoms with Crippen molar-refractivity contribution in [2.75, 3.05) is 20.2 Å². The van der Waals surface area contributed by atoms with E-state index in [9.17, 15) is 9.90 Å². The van der Waals surface area contributed by atoms with Crippen LogP contribution in [-0.2, 0) is 17.7 Å². The number of ether oxygens (including phenoxy) is 1. The first-order valence-electron chi connectivity index (χ1n) is 11.2. The van der Waals surface area contributed by atoms with E-state index in [1.807, 2.05) is 42.6 Å². The molecular formula is C25H30N4O3. The Morgan fingerprint density at radius 3 is 2.84 bits per heavy atom. The number of aryl methyl sites for hydroxylation is 1. The largest absolute Gasteiger partial charge is 0.389 e. The number of β-amino-alcohol motifs (C(OH)–C–C–N with tert-alkyl or cyclic N) is 1. The number of fused-ring (bicyclic) bond motifs is 2. The van der Waals surface area contributed by atoms with E-state index < -0.39 is 6.10 Å². The standard InChI is InChI=1S/C25H30N4O3/c1-16-10-20(17(2)32-3)13-29-14-21(27-23(16)29)24(31)28-9-8-25(22(30)15-28)11-18-6-4-5-7-19(18)12-26-25/h4-7,10,13-14,17,22,26,30H,8-9,11-12,15H2,1-3H3/t17?,22-,25+/m1/s1. The van der Waals surface area contributed by atoms with Crippen LogP contribution < -0.4 is 5.32 Å². The molecule has 1 amide bonds. The molecule has 4 heterocycles. The van der Waals surface area contributed by atoms with E-state index >= 15 is 0 Å². The molecule has 0 aliphatic carbocycles. The molecule has 32 heavy (non-hydrogen) atoms. The van der Waals surface area contributed by atoms with Crippen molar-refractivity contribution in [2.45, 2.75) is 51.0 Å². The minimum absolute atomic E-state index is 0.0405. The highest BCUT2D eigenvalue weighted by Gasteiger charge is 2.45. The summed E-state index contributed by atoms with van der Waals surface area (Å²) in [4.78, 5) is 19.6. The third-order valence-corrected chi connectivity index (χ3v) is 7.20. The van der Waals surface area contributed by atoms with Gasteiger partial charge in [-0.1, -0.05) is 24.3 Å². The molecule has 0 radical (unpaired) electrons. The summed E-state index contributed by atoms with van der Waals surface area (Å²) in [5.41, 5.74) is 5.38. The molecular weight excluding hydrogens is 404 g/mol. The Bertz CT molecular complexity index is 1170. The van der Waals surface area contributed by atoms with Gasteiger partial charge in [0.05, 0.1) is 17.7 Å². The fraction of sp³-hybridized carbons (Fsp3) is 0.440. The van der Waals surface area contributed by atoms with E-state index in [0.717, 1.165) is 29.7 Å². The average Bonchev–Trinajstić information content (AvgIpc) is 3.25. The fourth-order valence-corrected chi connectivity index (χ4v) is 5.07. The molecule has 2 N–H and O–H groups in total. The van der Waals surface area contributed by atoms with Crippen LogP contribution >= 0.6 is 0 Å². The zero-order valence-corrected chi connectivity index (χ0v) is 18.8. The highest BCUT2D eigenvalue weighted by molar-refractivity contribution is 5.93. The molecule has 0 bridgehead atoms. The summed E-state index contributed by atoms with van der Waals surface area (Å²) in [6, 6.07) is 10.4. The molecule has 2 aromatic heterocycles. The molecule has 1 fully saturated rings. The van der Waals surface area contributed by atoms with Crippen LogP contribution in [0.4, 0.5) is 0 Å². The molecule has 2 aliphatic rings. The topological polar surface area (TPSA) is 79.1 Å². The minimum Gasteiger partial charge on any atom is -0.389 e. The summed E-state index contributed by atoms with van der Waals surface area (Å²) in [7, 11) is 1.68. The number of nitrogens with zero attached hydrogens (tertiary/aromatic N) is 3. The molecule has 5 rings (SSSR count). The number of hydrogen-bond donors (Lipinski definition) is 2. The zero-order valence-electron chi connectivity index (χ0n) is 18.8. The summed E-state index contributed by atoms with van der Waals surface area (Å²) >= 11 is 0. The van der Waals surface area contributed by atoms with Crippen molar-refractivity contribution < 1.29 is 14.6 Å². The Hall–Kier alpha value is -2.74. The molecule has 1 aromatic carbocycles. The van der Waals surface area contributed by atoms with Crippen LogP contribution in [0.15, 0.2) is 42.7 Å². The molecule has 7 nitrogen and oxygen atoms in total. The number of rotatable bonds is 3. The van der Waals surface area contributed by atoms with Crippen LogP contribution in [0, 0.1) is 6.92 Å². The summed E-state index contributed by atoms with van der Waals surface area (Å²) < 4.78 is 7.33. The number of piperidine rings is 1. The maximum atomic E-state index is 13.3. The number of aliphatic hydroxyl groups excluding tert-OH is 1. The predicted molar refractivity (Wildman–Crippen MR) is 122 cm³/mol. The quantitative estimate of drug-likeness (QED) is 0.663. The van der Waals surface area contributed by atoms with E-state index in [0.29, 0.717) is 25.2 Å². The molecule has 1 saturated heterocycles. The van der Waals surface area contributed by atoms with E-state index in [4.69, 9.17) is 4.74 Å².